The number of nitrogens with one attached hydrogen (secondary N) is 1. The van der Waals surface area contributed by atoms with Gasteiger partial charge in [-0.15, -0.1) is 0 Å². The van der Waals surface area contributed by atoms with Crippen LogP contribution in [0.5, 0.6) is 0 Å². The second kappa shape index (κ2) is 3.85. The maximum absolute atomic E-state index is 10.7. The van der Waals surface area contributed by atoms with E-state index in [1.54, 1.807) is 24.3 Å². The number of rotatable bonds is 3. The van der Waals surface area contributed by atoms with E-state index in [4.69, 9.17) is 10.9 Å². The lowest BCUT2D eigenvalue weighted by Crippen LogP contribution is -2.31. The normalized spacial score (nSPS) is 12.4. The van der Waals surface area contributed by atoms with Crippen molar-refractivity contribution >= 4 is 5.91 Å². The van der Waals surface area contributed by atoms with E-state index in [0.717, 1.165) is 0 Å². The van der Waals surface area contributed by atoms with Crippen LogP contribution < -0.4 is 11.2 Å². The Labute approximate surface area is 70.0 Å². The van der Waals surface area contributed by atoms with Gasteiger partial charge in [-0.25, -0.2) is 0 Å². The van der Waals surface area contributed by atoms with Crippen LogP contribution >= 0.6 is 0 Å². The van der Waals surface area contributed by atoms with Gasteiger partial charge in [-0.3, -0.25) is 4.79 Å². The molecule has 1 rings (SSSR count). The molecule has 0 spiro atoms. The van der Waals surface area contributed by atoms with Gasteiger partial charge >= 0.3 is 0 Å². The first-order chi connectivity index (χ1) is 5.75. The first kappa shape index (κ1) is 8.70. The Bertz CT molecular complexity index is 261. The number of amides is 1. The van der Waals surface area contributed by atoms with Crippen LogP contribution in [0.3, 0.4) is 0 Å². The fourth-order valence-electron chi connectivity index (χ4n) is 0.948. The molecule has 1 atom stereocenters. The molecule has 4 N–H and O–H groups in total. The SMILES string of the molecule is NC(=O)C(NO)c1ccccc1. The van der Waals surface area contributed by atoms with Crippen molar-refractivity contribution in [3.63, 3.8) is 0 Å². The molecule has 1 unspecified atom stereocenters. The molecule has 0 aliphatic rings. The quantitative estimate of drug-likeness (QED) is 0.561. The van der Waals surface area contributed by atoms with E-state index in [0.29, 0.717) is 5.56 Å². The minimum atomic E-state index is -0.828. The molecule has 1 amide bonds. The number of primary amides is 1. The van der Waals surface area contributed by atoms with Gasteiger partial charge in [0, 0.05) is 0 Å². The van der Waals surface area contributed by atoms with E-state index in [1.165, 1.54) is 0 Å². The van der Waals surface area contributed by atoms with E-state index in [-0.39, 0.29) is 0 Å². The number of hydroxylamine groups is 1. The summed E-state index contributed by atoms with van der Waals surface area (Å²) in [6.45, 7) is 0. The zero-order valence-corrected chi connectivity index (χ0v) is 6.40. The Morgan fingerprint density at radius 3 is 2.42 bits per heavy atom. The second-order valence-corrected chi connectivity index (χ2v) is 2.38. The van der Waals surface area contributed by atoms with Crippen LogP contribution in [0.25, 0.3) is 0 Å². The smallest absolute Gasteiger partial charge is 0.241 e. The molecule has 4 nitrogen and oxygen atoms in total. The molecule has 64 valence electrons. The zero-order chi connectivity index (χ0) is 8.97. The lowest BCUT2D eigenvalue weighted by Gasteiger charge is -2.10. The third-order valence-corrected chi connectivity index (χ3v) is 1.55. The average Bonchev–Trinajstić information content (AvgIpc) is 2.07. The zero-order valence-electron chi connectivity index (χ0n) is 6.40. The highest BCUT2D eigenvalue weighted by Gasteiger charge is 2.14. The van der Waals surface area contributed by atoms with E-state index in [2.05, 4.69) is 0 Å². The lowest BCUT2D eigenvalue weighted by atomic mass is 10.1. The Kier molecular flexibility index (Phi) is 2.79. The van der Waals surface area contributed by atoms with Crippen molar-refractivity contribution < 1.29 is 10.0 Å². The van der Waals surface area contributed by atoms with Gasteiger partial charge in [0.15, 0.2) is 0 Å². The molecule has 1 aromatic carbocycles. The molecule has 4 heteroatoms. The van der Waals surface area contributed by atoms with Crippen LogP contribution in [0, 0.1) is 0 Å². The molecule has 0 aromatic heterocycles. The third-order valence-electron chi connectivity index (χ3n) is 1.55. The number of hydrogen-bond donors (Lipinski definition) is 3. The fourth-order valence-corrected chi connectivity index (χ4v) is 0.948. The summed E-state index contributed by atoms with van der Waals surface area (Å²) in [6.07, 6.45) is 0. The summed E-state index contributed by atoms with van der Waals surface area (Å²) in [7, 11) is 0. The molecule has 0 aliphatic carbocycles. The van der Waals surface area contributed by atoms with Gasteiger partial charge in [-0.2, -0.15) is 5.48 Å². The van der Waals surface area contributed by atoms with Gasteiger partial charge in [0.1, 0.15) is 6.04 Å². The molecule has 0 fully saturated rings. The Morgan fingerprint density at radius 2 is 2.00 bits per heavy atom. The molecule has 12 heavy (non-hydrogen) atoms. The molecule has 0 bridgehead atoms. The predicted molar refractivity (Wildman–Crippen MR) is 43.3 cm³/mol. The Balaban J connectivity index is 2.88. The van der Waals surface area contributed by atoms with Gasteiger partial charge in [-0.05, 0) is 5.56 Å². The van der Waals surface area contributed by atoms with Crippen LogP contribution in [0.4, 0.5) is 0 Å². The van der Waals surface area contributed by atoms with Crippen molar-refractivity contribution in [3.05, 3.63) is 35.9 Å². The lowest BCUT2D eigenvalue weighted by molar-refractivity contribution is -0.122. The van der Waals surface area contributed by atoms with Crippen LogP contribution in [-0.4, -0.2) is 11.1 Å². The number of hydrogen-bond acceptors (Lipinski definition) is 3. The van der Waals surface area contributed by atoms with Crippen molar-refractivity contribution in [3.8, 4) is 0 Å². The van der Waals surface area contributed by atoms with Gasteiger partial charge in [0.25, 0.3) is 0 Å². The first-order valence-corrected chi connectivity index (χ1v) is 3.49. The van der Waals surface area contributed by atoms with Crippen molar-refractivity contribution in [1.82, 2.24) is 5.48 Å². The molecule has 0 heterocycles. The molecule has 0 aliphatic heterocycles. The van der Waals surface area contributed by atoms with Gasteiger partial charge < -0.3 is 10.9 Å². The topological polar surface area (TPSA) is 75.4 Å². The minimum Gasteiger partial charge on any atom is -0.368 e. The molecule has 0 saturated heterocycles. The number of carbonyl (C=O) groups excluding carboxylic acids is 1. The highest BCUT2D eigenvalue weighted by Crippen LogP contribution is 2.10. The molecular formula is C8H10N2O2. The summed E-state index contributed by atoms with van der Waals surface area (Å²) in [6, 6.07) is 7.94. The minimum absolute atomic E-state index is 0.608. The third kappa shape index (κ3) is 1.81. The number of benzene rings is 1. The first-order valence-electron chi connectivity index (χ1n) is 3.49. The highest BCUT2D eigenvalue weighted by molar-refractivity contribution is 5.81. The predicted octanol–water partition coefficient (Wildman–Crippen LogP) is 0.192. The molecule has 0 radical (unpaired) electrons. The number of nitrogens with two attached hydrogens (primary N) is 1. The summed E-state index contributed by atoms with van der Waals surface area (Å²) in [5.74, 6) is -0.608. The largest absolute Gasteiger partial charge is 0.368 e. The van der Waals surface area contributed by atoms with Crippen LogP contribution in [0.1, 0.15) is 11.6 Å². The molecule has 0 saturated carbocycles. The summed E-state index contributed by atoms with van der Waals surface area (Å²) in [4.78, 5) is 10.7. The van der Waals surface area contributed by atoms with E-state index >= 15 is 0 Å². The summed E-state index contributed by atoms with van der Waals surface area (Å²) < 4.78 is 0. The van der Waals surface area contributed by atoms with E-state index in [9.17, 15) is 4.79 Å². The summed E-state index contributed by atoms with van der Waals surface area (Å²) in [5, 5.41) is 8.60. The summed E-state index contributed by atoms with van der Waals surface area (Å²) in [5.41, 5.74) is 7.51. The van der Waals surface area contributed by atoms with Gasteiger partial charge in [0.2, 0.25) is 5.91 Å². The van der Waals surface area contributed by atoms with E-state index in [1.807, 2.05) is 11.5 Å². The van der Waals surface area contributed by atoms with Crippen LogP contribution in [0.15, 0.2) is 30.3 Å². The molecule has 1 aromatic rings. The van der Waals surface area contributed by atoms with Crippen LogP contribution in [0.2, 0.25) is 0 Å². The van der Waals surface area contributed by atoms with Crippen molar-refractivity contribution in [2.24, 2.45) is 5.73 Å². The van der Waals surface area contributed by atoms with Crippen molar-refractivity contribution in [2.75, 3.05) is 0 Å². The molecular weight excluding hydrogens is 156 g/mol. The van der Waals surface area contributed by atoms with Gasteiger partial charge in [0.05, 0.1) is 0 Å². The second-order valence-electron chi connectivity index (χ2n) is 2.38. The van der Waals surface area contributed by atoms with Crippen molar-refractivity contribution in [1.29, 1.82) is 0 Å². The summed E-state index contributed by atoms with van der Waals surface area (Å²) >= 11 is 0. The average molecular weight is 166 g/mol. The van der Waals surface area contributed by atoms with Gasteiger partial charge in [-0.1, -0.05) is 30.3 Å². The monoisotopic (exact) mass is 166 g/mol. The fraction of sp³-hybridized carbons (Fsp3) is 0.125. The Morgan fingerprint density at radius 1 is 1.42 bits per heavy atom. The Hall–Kier alpha value is -1.39. The van der Waals surface area contributed by atoms with Crippen LogP contribution in [-0.2, 0) is 4.79 Å². The standard InChI is InChI=1S/C8H10N2O2/c9-8(11)7(10-12)6-4-2-1-3-5-6/h1-5,7,10,12H,(H2,9,11). The highest BCUT2D eigenvalue weighted by atomic mass is 16.5. The van der Waals surface area contributed by atoms with E-state index < -0.39 is 11.9 Å². The number of carbonyl (C=O) groups is 1. The maximum atomic E-state index is 10.7. The maximum Gasteiger partial charge on any atom is 0.241 e. The van der Waals surface area contributed by atoms with Crippen molar-refractivity contribution in [2.45, 2.75) is 6.04 Å².